The standard InChI is InChI=1S/C13H9F3N4O/c14-13(15,16)10-5-11-18-6-9(17)12(20(11)19-10)7-1-3-8(21)4-2-7/h1-6,21H,17H2. The third kappa shape index (κ3) is 2.24. The zero-order chi connectivity index (χ0) is 15.2. The molecule has 3 rings (SSSR count). The molecule has 0 bridgehead atoms. The summed E-state index contributed by atoms with van der Waals surface area (Å²) in [4.78, 5) is 3.84. The lowest BCUT2D eigenvalue weighted by molar-refractivity contribution is -0.141. The highest BCUT2D eigenvalue weighted by atomic mass is 19.4. The molecule has 0 saturated carbocycles. The summed E-state index contributed by atoms with van der Waals surface area (Å²) in [5, 5.41) is 12.8. The van der Waals surface area contributed by atoms with Gasteiger partial charge >= 0.3 is 6.18 Å². The Morgan fingerprint density at radius 1 is 1.14 bits per heavy atom. The first-order chi connectivity index (χ1) is 9.86. The van der Waals surface area contributed by atoms with Crippen molar-refractivity contribution in [2.24, 2.45) is 0 Å². The number of hydrogen-bond donors (Lipinski definition) is 2. The lowest BCUT2D eigenvalue weighted by atomic mass is 10.1. The van der Waals surface area contributed by atoms with Gasteiger partial charge in [0.2, 0.25) is 0 Å². The molecule has 0 unspecified atom stereocenters. The van der Waals surface area contributed by atoms with Crippen LogP contribution in [0.1, 0.15) is 5.69 Å². The number of halogens is 3. The van der Waals surface area contributed by atoms with Crippen LogP contribution >= 0.6 is 0 Å². The fourth-order valence-electron chi connectivity index (χ4n) is 1.99. The zero-order valence-electron chi connectivity index (χ0n) is 10.5. The maximum atomic E-state index is 12.7. The van der Waals surface area contributed by atoms with Gasteiger partial charge in [-0.2, -0.15) is 18.3 Å². The van der Waals surface area contributed by atoms with Crippen molar-refractivity contribution in [1.29, 1.82) is 0 Å². The summed E-state index contributed by atoms with van der Waals surface area (Å²) in [5.74, 6) is 0.0408. The lowest BCUT2D eigenvalue weighted by Crippen LogP contribution is -2.07. The topological polar surface area (TPSA) is 76.4 Å². The van der Waals surface area contributed by atoms with Gasteiger partial charge in [-0.1, -0.05) is 0 Å². The first-order valence-electron chi connectivity index (χ1n) is 5.87. The molecule has 3 N–H and O–H groups in total. The molecule has 0 amide bonds. The Balaban J connectivity index is 2.28. The Bertz CT molecular complexity index is 809. The Morgan fingerprint density at radius 3 is 2.43 bits per heavy atom. The molecule has 0 atom stereocenters. The third-order valence-electron chi connectivity index (χ3n) is 2.94. The summed E-state index contributed by atoms with van der Waals surface area (Å²) in [6.07, 6.45) is -3.28. The molecule has 0 aliphatic heterocycles. The molecule has 2 heterocycles. The van der Waals surface area contributed by atoms with Crippen molar-refractivity contribution in [3.63, 3.8) is 0 Å². The molecule has 2 aromatic heterocycles. The number of fused-ring (bicyclic) bond motifs is 1. The van der Waals surface area contributed by atoms with Gasteiger partial charge in [0, 0.05) is 11.6 Å². The molecule has 0 aliphatic rings. The van der Waals surface area contributed by atoms with Gasteiger partial charge in [0.1, 0.15) is 5.75 Å². The van der Waals surface area contributed by atoms with Crippen molar-refractivity contribution in [2.45, 2.75) is 6.18 Å². The van der Waals surface area contributed by atoms with Crippen LogP contribution in [0.2, 0.25) is 0 Å². The van der Waals surface area contributed by atoms with Gasteiger partial charge in [-0.25, -0.2) is 9.50 Å². The maximum Gasteiger partial charge on any atom is 0.435 e. The van der Waals surface area contributed by atoms with Gasteiger partial charge in [-0.3, -0.25) is 0 Å². The number of phenols is 1. The highest BCUT2D eigenvalue weighted by Crippen LogP contribution is 2.32. The van der Waals surface area contributed by atoms with Crippen LogP contribution in [0.25, 0.3) is 16.9 Å². The van der Waals surface area contributed by atoms with E-state index in [1.807, 2.05) is 0 Å². The van der Waals surface area contributed by atoms with Crippen molar-refractivity contribution >= 4 is 11.3 Å². The van der Waals surface area contributed by atoms with Crippen molar-refractivity contribution in [2.75, 3.05) is 5.73 Å². The number of benzene rings is 1. The number of alkyl halides is 3. The van der Waals surface area contributed by atoms with E-state index in [-0.39, 0.29) is 22.8 Å². The van der Waals surface area contributed by atoms with Crippen LogP contribution in [0, 0.1) is 0 Å². The van der Waals surface area contributed by atoms with Crippen molar-refractivity contribution in [3.05, 3.63) is 42.2 Å². The Morgan fingerprint density at radius 2 is 1.81 bits per heavy atom. The summed E-state index contributed by atoms with van der Waals surface area (Å²) >= 11 is 0. The third-order valence-corrected chi connectivity index (χ3v) is 2.94. The van der Waals surface area contributed by atoms with E-state index in [0.717, 1.165) is 10.6 Å². The first kappa shape index (κ1) is 13.2. The van der Waals surface area contributed by atoms with E-state index in [4.69, 9.17) is 5.73 Å². The Kier molecular flexibility index (Phi) is 2.75. The monoisotopic (exact) mass is 294 g/mol. The SMILES string of the molecule is Nc1cnc2cc(C(F)(F)F)nn2c1-c1ccc(O)cc1. The summed E-state index contributed by atoms with van der Waals surface area (Å²) in [7, 11) is 0. The number of hydrogen-bond acceptors (Lipinski definition) is 4. The largest absolute Gasteiger partial charge is 0.508 e. The number of nitrogens with two attached hydrogens (primary N) is 1. The summed E-state index contributed by atoms with van der Waals surface area (Å²) in [5.41, 5.74) is 5.80. The fraction of sp³-hybridized carbons (Fsp3) is 0.0769. The second kappa shape index (κ2) is 4.37. The average Bonchev–Trinajstić information content (AvgIpc) is 2.84. The summed E-state index contributed by atoms with van der Waals surface area (Å²) in [6.45, 7) is 0. The van der Waals surface area contributed by atoms with Gasteiger partial charge in [-0.05, 0) is 24.3 Å². The van der Waals surface area contributed by atoms with Crippen LogP contribution in [0.4, 0.5) is 18.9 Å². The van der Waals surface area contributed by atoms with Gasteiger partial charge in [-0.15, -0.1) is 0 Å². The van der Waals surface area contributed by atoms with Crippen LogP contribution in [0.3, 0.4) is 0 Å². The highest BCUT2D eigenvalue weighted by Gasteiger charge is 2.34. The van der Waals surface area contributed by atoms with E-state index in [1.54, 1.807) is 0 Å². The molecule has 0 spiro atoms. The smallest absolute Gasteiger partial charge is 0.435 e. The number of aromatic hydroxyl groups is 1. The van der Waals surface area contributed by atoms with Gasteiger partial charge in [0.25, 0.3) is 0 Å². The average molecular weight is 294 g/mol. The van der Waals surface area contributed by atoms with Gasteiger partial charge in [0.05, 0.1) is 17.6 Å². The van der Waals surface area contributed by atoms with Crippen LogP contribution in [-0.2, 0) is 6.18 Å². The minimum absolute atomic E-state index is 0.0408. The molecule has 5 nitrogen and oxygen atoms in total. The predicted octanol–water partition coefficient (Wildman–Crippen LogP) is 2.70. The van der Waals surface area contributed by atoms with E-state index in [1.165, 1.54) is 30.5 Å². The minimum Gasteiger partial charge on any atom is -0.508 e. The molecule has 3 aromatic rings. The van der Waals surface area contributed by atoms with Crippen molar-refractivity contribution in [1.82, 2.24) is 14.6 Å². The number of rotatable bonds is 1. The molecule has 21 heavy (non-hydrogen) atoms. The quantitative estimate of drug-likeness (QED) is 0.723. The summed E-state index contributed by atoms with van der Waals surface area (Å²) in [6, 6.07) is 6.75. The second-order valence-corrected chi connectivity index (χ2v) is 4.41. The predicted molar refractivity (Wildman–Crippen MR) is 69.5 cm³/mol. The van der Waals surface area contributed by atoms with Crippen LogP contribution < -0.4 is 5.73 Å². The molecular formula is C13H9F3N4O. The summed E-state index contributed by atoms with van der Waals surface area (Å²) < 4.78 is 39.3. The van der Waals surface area contributed by atoms with Crippen LogP contribution in [0.15, 0.2) is 36.5 Å². The molecule has 0 fully saturated rings. The van der Waals surface area contributed by atoms with E-state index in [2.05, 4.69) is 10.1 Å². The number of nitrogen functional groups attached to an aromatic ring is 1. The Labute approximate surface area is 116 Å². The van der Waals surface area contributed by atoms with Crippen molar-refractivity contribution < 1.29 is 18.3 Å². The maximum absolute atomic E-state index is 12.7. The molecule has 1 aromatic carbocycles. The van der Waals surface area contributed by atoms with E-state index in [0.29, 0.717) is 5.56 Å². The van der Waals surface area contributed by atoms with E-state index < -0.39 is 11.9 Å². The molecule has 0 radical (unpaired) electrons. The number of nitrogens with zero attached hydrogens (tertiary/aromatic N) is 3. The number of phenolic OH excluding ortho intramolecular Hbond substituents is 1. The van der Waals surface area contributed by atoms with Crippen molar-refractivity contribution in [3.8, 4) is 17.0 Å². The van der Waals surface area contributed by atoms with Gasteiger partial charge < -0.3 is 10.8 Å². The normalized spacial score (nSPS) is 12.0. The second-order valence-electron chi connectivity index (χ2n) is 4.41. The van der Waals surface area contributed by atoms with Gasteiger partial charge in [0.15, 0.2) is 11.3 Å². The van der Waals surface area contributed by atoms with E-state index in [9.17, 15) is 18.3 Å². The molecule has 108 valence electrons. The highest BCUT2D eigenvalue weighted by molar-refractivity contribution is 5.74. The minimum atomic E-state index is -4.56. The van der Waals surface area contributed by atoms with E-state index >= 15 is 0 Å². The lowest BCUT2D eigenvalue weighted by Gasteiger charge is -2.08. The van der Waals surface area contributed by atoms with Crippen LogP contribution in [0.5, 0.6) is 5.75 Å². The molecule has 0 aliphatic carbocycles. The fourth-order valence-corrected chi connectivity index (χ4v) is 1.99. The number of anilines is 1. The molecule has 0 saturated heterocycles. The molecular weight excluding hydrogens is 285 g/mol. The zero-order valence-corrected chi connectivity index (χ0v) is 10.5. The molecule has 8 heteroatoms. The Hall–Kier alpha value is -2.77. The first-order valence-corrected chi connectivity index (χ1v) is 5.87. The van der Waals surface area contributed by atoms with Crippen LogP contribution in [-0.4, -0.2) is 19.7 Å². The number of aromatic nitrogens is 3.